The lowest BCUT2D eigenvalue weighted by atomic mass is 10.0. The van der Waals surface area contributed by atoms with Gasteiger partial charge in [0.05, 0.1) is 28.9 Å². The van der Waals surface area contributed by atoms with Crippen LogP contribution in [0.15, 0.2) is 60.8 Å². The second-order valence-corrected chi connectivity index (χ2v) is 8.07. The molecule has 7 heteroatoms. The first-order chi connectivity index (χ1) is 15.3. The molecule has 0 aliphatic carbocycles. The van der Waals surface area contributed by atoms with Gasteiger partial charge in [0.1, 0.15) is 5.82 Å². The number of benzene rings is 2. The lowest BCUT2D eigenvalue weighted by Crippen LogP contribution is -2.28. The maximum Gasteiger partial charge on any atom is 0.252 e. The third kappa shape index (κ3) is 4.24. The Hall–Kier alpha value is -3.58. The van der Waals surface area contributed by atoms with Crippen LogP contribution in [-0.4, -0.2) is 32.3 Å². The van der Waals surface area contributed by atoms with E-state index in [1.807, 2.05) is 45.0 Å². The minimum absolute atomic E-state index is 0.0515. The topological polar surface area (TPSA) is 80.0 Å². The van der Waals surface area contributed by atoms with Gasteiger partial charge in [0, 0.05) is 18.2 Å². The van der Waals surface area contributed by atoms with Gasteiger partial charge < -0.3 is 10.4 Å². The summed E-state index contributed by atoms with van der Waals surface area (Å²) in [5.74, 6) is -0.793. The molecule has 4 rings (SSSR count). The van der Waals surface area contributed by atoms with E-state index in [2.05, 4.69) is 10.4 Å². The van der Waals surface area contributed by atoms with Crippen LogP contribution in [0.4, 0.5) is 4.39 Å². The summed E-state index contributed by atoms with van der Waals surface area (Å²) in [6.45, 7) is 5.95. The predicted octanol–water partition coefficient (Wildman–Crippen LogP) is 4.59. The largest absolute Gasteiger partial charge is 0.387 e. The number of halogens is 1. The summed E-state index contributed by atoms with van der Waals surface area (Å²) >= 11 is 0. The Labute approximate surface area is 185 Å². The summed E-state index contributed by atoms with van der Waals surface area (Å²) < 4.78 is 15.2. The maximum atomic E-state index is 13.5. The van der Waals surface area contributed by atoms with Gasteiger partial charge in [-0.15, -0.1) is 0 Å². The number of nitrogens with one attached hydrogen (secondary N) is 1. The van der Waals surface area contributed by atoms with Gasteiger partial charge in [-0.25, -0.2) is 14.1 Å². The number of aliphatic hydroxyl groups is 1. The Balaban J connectivity index is 1.70. The molecule has 0 saturated heterocycles. The van der Waals surface area contributed by atoms with Crippen LogP contribution in [0.1, 0.15) is 47.5 Å². The van der Waals surface area contributed by atoms with Gasteiger partial charge in [-0.2, -0.15) is 5.10 Å². The average Bonchev–Trinajstić information content (AvgIpc) is 3.21. The Kier molecular flexibility index (Phi) is 6.01. The Morgan fingerprint density at radius 3 is 2.66 bits per heavy atom. The summed E-state index contributed by atoms with van der Waals surface area (Å²) in [6.07, 6.45) is 0.614. The van der Waals surface area contributed by atoms with Crippen molar-refractivity contribution in [3.63, 3.8) is 0 Å². The molecule has 2 N–H and O–H groups in total. The molecule has 0 spiro atoms. The number of aromatic nitrogens is 3. The quantitative estimate of drug-likeness (QED) is 0.467. The van der Waals surface area contributed by atoms with E-state index in [-0.39, 0.29) is 18.5 Å². The number of rotatable bonds is 6. The van der Waals surface area contributed by atoms with E-state index in [1.54, 1.807) is 23.0 Å². The van der Waals surface area contributed by atoms with Gasteiger partial charge in [0.25, 0.3) is 5.91 Å². The minimum Gasteiger partial charge on any atom is -0.387 e. The fourth-order valence-corrected chi connectivity index (χ4v) is 3.70. The number of hydrogen-bond donors (Lipinski definition) is 2. The van der Waals surface area contributed by atoms with Crippen molar-refractivity contribution in [1.29, 1.82) is 0 Å². The third-order valence-electron chi connectivity index (χ3n) is 5.41. The normalized spacial score (nSPS) is 12.3. The van der Waals surface area contributed by atoms with E-state index in [9.17, 15) is 14.3 Å². The number of hydrogen-bond acceptors (Lipinski definition) is 4. The molecular formula is C25H25FN4O2. The van der Waals surface area contributed by atoms with Gasteiger partial charge in [-0.1, -0.05) is 36.4 Å². The molecule has 0 saturated carbocycles. The van der Waals surface area contributed by atoms with Crippen LogP contribution < -0.4 is 5.32 Å². The van der Waals surface area contributed by atoms with E-state index in [0.29, 0.717) is 27.9 Å². The second-order valence-electron chi connectivity index (χ2n) is 8.07. The van der Waals surface area contributed by atoms with E-state index in [4.69, 9.17) is 4.98 Å². The number of carbonyl (C=O) groups excluding carboxylic acids is 1. The Morgan fingerprint density at radius 1 is 1.16 bits per heavy atom. The second kappa shape index (κ2) is 8.88. The monoisotopic (exact) mass is 432 g/mol. The Bertz CT molecular complexity index is 1280. The van der Waals surface area contributed by atoms with Crippen LogP contribution in [0.25, 0.3) is 22.3 Å². The van der Waals surface area contributed by atoms with Gasteiger partial charge >= 0.3 is 0 Å². The summed E-state index contributed by atoms with van der Waals surface area (Å²) in [7, 11) is 0. The van der Waals surface area contributed by atoms with E-state index in [0.717, 1.165) is 11.1 Å². The third-order valence-corrected chi connectivity index (χ3v) is 5.41. The molecule has 1 atom stereocenters. The molecule has 2 heterocycles. The smallest absolute Gasteiger partial charge is 0.252 e. The highest BCUT2D eigenvalue weighted by atomic mass is 19.1. The molecule has 0 radical (unpaired) electrons. The highest BCUT2D eigenvalue weighted by molar-refractivity contribution is 6.06. The molecule has 2 aromatic heterocycles. The molecule has 6 nitrogen and oxygen atoms in total. The molecule has 164 valence electrons. The minimum atomic E-state index is -1.03. The molecule has 0 fully saturated rings. The van der Waals surface area contributed by atoms with Crippen molar-refractivity contribution in [3.8, 4) is 11.3 Å². The fraction of sp³-hybridized carbons (Fsp3) is 0.240. The zero-order valence-electron chi connectivity index (χ0n) is 18.2. The number of aliphatic hydroxyl groups excluding tert-OH is 1. The summed E-state index contributed by atoms with van der Waals surface area (Å²) in [5.41, 5.74) is 4.10. The summed E-state index contributed by atoms with van der Waals surface area (Å²) in [4.78, 5) is 18.0. The van der Waals surface area contributed by atoms with E-state index < -0.39 is 11.9 Å². The van der Waals surface area contributed by atoms with Crippen molar-refractivity contribution in [1.82, 2.24) is 20.1 Å². The number of aryl methyl sites for hydroxylation is 1. The number of carbonyl (C=O) groups is 1. The standard InChI is InChI=1S/C25H25FN4O2/c1-15(2)30-24-21(13-28-30)20(12-22(29-24)19-10-5-4-7-16(19)3)25(32)27-14-23(31)17-8-6-9-18(26)11-17/h4-13,15,23,31H,14H2,1-3H3,(H,27,32). The molecule has 4 aromatic rings. The number of fused-ring (bicyclic) bond motifs is 1. The molecule has 0 aliphatic rings. The lowest BCUT2D eigenvalue weighted by Gasteiger charge is -2.14. The highest BCUT2D eigenvalue weighted by Crippen LogP contribution is 2.28. The van der Waals surface area contributed by atoms with Crippen molar-refractivity contribution >= 4 is 16.9 Å². The van der Waals surface area contributed by atoms with Crippen molar-refractivity contribution in [3.05, 3.63) is 83.3 Å². The molecular weight excluding hydrogens is 407 g/mol. The van der Waals surface area contributed by atoms with Crippen molar-refractivity contribution in [2.75, 3.05) is 6.54 Å². The van der Waals surface area contributed by atoms with Gasteiger partial charge in [0.2, 0.25) is 0 Å². The molecule has 0 aliphatic heterocycles. The molecule has 2 aromatic carbocycles. The molecule has 1 amide bonds. The average molecular weight is 432 g/mol. The Morgan fingerprint density at radius 2 is 1.94 bits per heavy atom. The lowest BCUT2D eigenvalue weighted by molar-refractivity contribution is 0.0918. The zero-order valence-corrected chi connectivity index (χ0v) is 18.2. The van der Waals surface area contributed by atoms with Crippen molar-refractivity contribution in [2.45, 2.75) is 32.9 Å². The molecule has 0 bridgehead atoms. The predicted molar refractivity (Wildman–Crippen MR) is 122 cm³/mol. The molecule has 32 heavy (non-hydrogen) atoms. The van der Waals surface area contributed by atoms with E-state index in [1.165, 1.54) is 18.2 Å². The van der Waals surface area contributed by atoms with Crippen LogP contribution in [0.2, 0.25) is 0 Å². The summed E-state index contributed by atoms with van der Waals surface area (Å²) in [5, 5.41) is 18.2. The van der Waals surface area contributed by atoms with Crippen LogP contribution >= 0.6 is 0 Å². The number of amides is 1. The first-order valence-electron chi connectivity index (χ1n) is 10.5. The molecule has 1 unspecified atom stereocenters. The zero-order chi connectivity index (χ0) is 22.8. The van der Waals surface area contributed by atoms with Crippen LogP contribution in [0.5, 0.6) is 0 Å². The van der Waals surface area contributed by atoms with Crippen LogP contribution in [0.3, 0.4) is 0 Å². The van der Waals surface area contributed by atoms with Crippen molar-refractivity contribution in [2.24, 2.45) is 0 Å². The van der Waals surface area contributed by atoms with Gasteiger partial charge in [0.15, 0.2) is 5.65 Å². The fourth-order valence-electron chi connectivity index (χ4n) is 3.70. The first-order valence-corrected chi connectivity index (χ1v) is 10.5. The van der Waals surface area contributed by atoms with Crippen molar-refractivity contribution < 1.29 is 14.3 Å². The summed E-state index contributed by atoms with van der Waals surface area (Å²) in [6, 6.07) is 15.4. The van der Waals surface area contributed by atoms with Crippen LogP contribution in [0, 0.1) is 12.7 Å². The number of pyridine rings is 1. The van der Waals surface area contributed by atoms with E-state index >= 15 is 0 Å². The van der Waals surface area contributed by atoms with Crippen LogP contribution in [-0.2, 0) is 0 Å². The maximum absolute atomic E-state index is 13.5. The van der Waals surface area contributed by atoms with Gasteiger partial charge in [-0.05, 0) is 50.1 Å². The number of nitrogens with zero attached hydrogens (tertiary/aromatic N) is 3. The SMILES string of the molecule is Cc1ccccc1-c1cc(C(=O)NCC(O)c2cccc(F)c2)c2cnn(C(C)C)c2n1. The first kappa shape index (κ1) is 21.6. The van der Waals surface area contributed by atoms with Gasteiger partial charge in [-0.3, -0.25) is 4.79 Å². The highest BCUT2D eigenvalue weighted by Gasteiger charge is 2.20.